The molecule has 1 fully saturated rings. The number of carbonyl (C=O) groups is 2. The fourth-order valence-electron chi connectivity index (χ4n) is 6.38. The summed E-state index contributed by atoms with van der Waals surface area (Å²) >= 11 is 0. The van der Waals surface area contributed by atoms with Gasteiger partial charge in [0.25, 0.3) is 11.8 Å². The summed E-state index contributed by atoms with van der Waals surface area (Å²) in [5.74, 6) is 1.18. The maximum atomic E-state index is 12.1. The third-order valence-electron chi connectivity index (χ3n) is 9.23. The van der Waals surface area contributed by atoms with Crippen LogP contribution < -0.4 is 10.6 Å². The van der Waals surface area contributed by atoms with Gasteiger partial charge in [-0.05, 0) is 121 Å². The number of unbranched alkanes of at least 4 members (excludes halogenated alkanes) is 1. The topological polar surface area (TPSA) is 58.2 Å². The molecule has 2 amide bonds. The van der Waals surface area contributed by atoms with E-state index in [0.29, 0.717) is 17.1 Å². The molecule has 0 bridgehead atoms. The lowest BCUT2D eigenvalue weighted by molar-refractivity contribution is -0.113. The molecule has 1 aliphatic rings. The van der Waals surface area contributed by atoms with Crippen LogP contribution in [0.25, 0.3) is 33.4 Å². The first-order valence-corrected chi connectivity index (χ1v) is 16.6. The van der Waals surface area contributed by atoms with Crippen molar-refractivity contribution in [2.45, 2.75) is 71.6 Å². The first kappa shape index (κ1) is 32.7. The Bertz CT molecular complexity index is 1690. The predicted molar refractivity (Wildman–Crippen MR) is 194 cm³/mol. The van der Waals surface area contributed by atoms with E-state index in [0.717, 1.165) is 45.1 Å². The first-order valence-electron chi connectivity index (χ1n) is 16.6. The first-order chi connectivity index (χ1) is 22.2. The van der Waals surface area contributed by atoms with E-state index in [1.165, 1.54) is 56.1 Å². The van der Waals surface area contributed by atoms with Crippen molar-refractivity contribution in [1.82, 2.24) is 0 Å². The Morgan fingerprint density at radius 1 is 0.630 bits per heavy atom. The monoisotopic (exact) mass is 610 g/mol. The molecule has 4 aromatic carbocycles. The van der Waals surface area contributed by atoms with Crippen molar-refractivity contribution in [3.8, 4) is 33.4 Å². The number of hydrogen-bond donors (Lipinski definition) is 2. The zero-order chi connectivity index (χ0) is 32.6. The maximum Gasteiger partial charge on any atom is 0.250 e. The van der Waals surface area contributed by atoms with Gasteiger partial charge in [-0.25, -0.2) is 0 Å². The molecule has 0 heterocycles. The molecule has 0 aromatic heterocycles. The largest absolute Gasteiger partial charge is 0.322 e. The molecule has 46 heavy (non-hydrogen) atoms. The van der Waals surface area contributed by atoms with Gasteiger partial charge < -0.3 is 10.6 Å². The molecule has 0 atom stereocenters. The Kier molecular flexibility index (Phi) is 10.7. The molecule has 2 N–H and O–H groups in total. The lowest BCUT2D eigenvalue weighted by atomic mass is 9.77. The quantitative estimate of drug-likeness (QED) is 0.166. The number of anilines is 2. The second kappa shape index (κ2) is 15.1. The van der Waals surface area contributed by atoms with Crippen LogP contribution in [0.4, 0.5) is 11.4 Å². The van der Waals surface area contributed by atoms with Crippen LogP contribution >= 0.6 is 0 Å². The molecule has 236 valence electrons. The van der Waals surface area contributed by atoms with Gasteiger partial charge in [0, 0.05) is 22.5 Å². The molecule has 0 radical (unpaired) electrons. The molecule has 0 aliphatic heterocycles. The highest BCUT2D eigenvalue weighted by molar-refractivity contribution is 6.03. The van der Waals surface area contributed by atoms with E-state index in [2.05, 4.69) is 85.3 Å². The lowest BCUT2D eigenvalue weighted by Gasteiger charge is -2.29. The van der Waals surface area contributed by atoms with E-state index < -0.39 is 0 Å². The summed E-state index contributed by atoms with van der Waals surface area (Å²) in [5.41, 5.74) is 10.5. The second-order valence-corrected chi connectivity index (χ2v) is 12.9. The standard InChI is InChI=1S/C42H46N2O2/c1-6-7-8-30-9-11-31(12-10-30)32-13-15-35(16-14-32)40-27-36(33-17-22-37(23-18-33)43-41(45)28(2)3)21-26-39(40)34-19-24-38(25-20-34)44-42(46)29(4)5/h13-27,30-31H,2,4,6-12H2,1,3,5H3,(H,43,45)(H,44,46). The summed E-state index contributed by atoms with van der Waals surface area (Å²) in [7, 11) is 0. The van der Waals surface area contributed by atoms with E-state index >= 15 is 0 Å². The van der Waals surface area contributed by atoms with E-state index in [-0.39, 0.29) is 11.8 Å². The van der Waals surface area contributed by atoms with Gasteiger partial charge in [0.2, 0.25) is 0 Å². The number of hydrogen-bond acceptors (Lipinski definition) is 2. The Balaban J connectivity index is 1.44. The smallest absolute Gasteiger partial charge is 0.250 e. The van der Waals surface area contributed by atoms with Crippen molar-refractivity contribution in [2.75, 3.05) is 10.6 Å². The highest BCUT2D eigenvalue weighted by atomic mass is 16.2. The zero-order valence-electron chi connectivity index (χ0n) is 27.5. The molecule has 0 saturated heterocycles. The van der Waals surface area contributed by atoms with Crippen molar-refractivity contribution >= 4 is 23.2 Å². The summed E-state index contributed by atoms with van der Waals surface area (Å²) in [6.07, 6.45) is 9.28. The van der Waals surface area contributed by atoms with Crippen LogP contribution in [0.2, 0.25) is 0 Å². The minimum absolute atomic E-state index is 0.183. The van der Waals surface area contributed by atoms with E-state index in [1.54, 1.807) is 13.8 Å². The highest BCUT2D eigenvalue weighted by Gasteiger charge is 2.22. The van der Waals surface area contributed by atoms with Crippen molar-refractivity contribution in [3.63, 3.8) is 0 Å². The van der Waals surface area contributed by atoms with Gasteiger partial charge in [0.1, 0.15) is 0 Å². The fourth-order valence-corrected chi connectivity index (χ4v) is 6.38. The van der Waals surface area contributed by atoms with Gasteiger partial charge in [-0.2, -0.15) is 0 Å². The highest BCUT2D eigenvalue weighted by Crippen LogP contribution is 2.40. The van der Waals surface area contributed by atoms with Gasteiger partial charge in [-0.3, -0.25) is 9.59 Å². The predicted octanol–water partition coefficient (Wildman–Crippen LogP) is 11.2. The van der Waals surface area contributed by atoms with Crippen LogP contribution in [-0.2, 0) is 9.59 Å². The summed E-state index contributed by atoms with van der Waals surface area (Å²) in [6.45, 7) is 13.1. The third kappa shape index (κ3) is 8.11. The summed E-state index contributed by atoms with van der Waals surface area (Å²) in [6, 6.07) is 31.7. The number of rotatable bonds is 11. The minimum Gasteiger partial charge on any atom is -0.322 e. The number of nitrogens with one attached hydrogen (secondary N) is 2. The van der Waals surface area contributed by atoms with Gasteiger partial charge >= 0.3 is 0 Å². The fraction of sp³-hybridized carbons (Fsp3) is 0.286. The van der Waals surface area contributed by atoms with Crippen LogP contribution in [0.15, 0.2) is 115 Å². The molecule has 4 nitrogen and oxygen atoms in total. The van der Waals surface area contributed by atoms with Crippen molar-refractivity contribution < 1.29 is 9.59 Å². The molecular weight excluding hydrogens is 564 g/mol. The maximum absolute atomic E-state index is 12.1. The molecule has 4 heteroatoms. The molecule has 0 spiro atoms. The average molecular weight is 611 g/mol. The molecule has 0 unspecified atom stereocenters. The molecule has 1 aliphatic carbocycles. The van der Waals surface area contributed by atoms with Crippen molar-refractivity contribution in [3.05, 3.63) is 121 Å². The van der Waals surface area contributed by atoms with Gasteiger partial charge in [-0.1, -0.05) is 100 Å². The molecular formula is C42H46N2O2. The van der Waals surface area contributed by atoms with Crippen LogP contribution in [-0.4, -0.2) is 11.8 Å². The lowest BCUT2D eigenvalue weighted by Crippen LogP contribution is -2.13. The zero-order valence-corrected chi connectivity index (χ0v) is 27.5. The Labute approximate surface area is 274 Å². The second-order valence-electron chi connectivity index (χ2n) is 12.9. The van der Waals surface area contributed by atoms with Gasteiger partial charge in [-0.15, -0.1) is 0 Å². The molecule has 5 rings (SSSR count). The van der Waals surface area contributed by atoms with Crippen molar-refractivity contribution in [2.24, 2.45) is 5.92 Å². The van der Waals surface area contributed by atoms with Gasteiger partial charge in [0.05, 0.1) is 0 Å². The van der Waals surface area contributed by atoms with Crippen LogP contribution in [0.3, 0.4) is 0 Å². The Hall–Kier alpha value is -4.70. The van der Waals surface area contributed by atoms with Crippen LogP contribution in [0, 0.1) is 5.92 Å². The van der Waals surface area contributed by atoms with E-state index in [1.807, 2.05) is 36.4 Å². The van der Waals surface area contributed by atoms with Crippen LogP contribution in [0.5, 0.6) is 0 Å². The summed E-state index contributed by atoms with van der Waals surface area (Å²) in [4.78, 5) is 24.2. The SMILES string of the molecule is C=C(C)C(=O)Nc1ccc(-c2ccc(-c3ccc(NC(=O)C(=C)C)cc3)c(-c3ccc(C4CCC(CCCC)CC4)cc3)c2)cc1. The summed E-state index contributed by atoms with van der Waals surface area (Å²) in [5, 5.41) is 5.78. The number of amides is 2. The Morgan fingerprint density at radius 2 is 1.11 bits per heavy atom. The van der Waals surface area contributed by atoms with Gasteiger partial charge in [0.15, 0.2) is 0 Å². The molecule has 1 saturated carbocycles. The number of carbonyl (C=O) groups excluding carboxylic acids is 2. The van der Waals surface area contributed by atoms with Crippen molar-refractivity contribution in [1.29, 1.82) is 0 Å². The van der Waals surface area contributed by atoms with E-state index in [4.69, 9.17) is 0 Å². The van der Waals surface area contributed by atoms with E-state index in [9.17, 15) is 9.59 Å². The minimum atomic E-state index is -0.183. The summed E-state index contributed by atoms with van der Waals surface area (Å²) < 4.78 is 0. The third-order valence-corrected chi connectivity index (χ3v) is 9.23. The average Bonchev–Trinajstić information content (AvgIpc) is 3.08. The van der Waals surface area contributed by atoms with Crippen LogP contribution in [0.1, 0.15) is 77.2 Å². The Morgan fingerprint density at radius 3 is 1.63 bits per heavy atom. The number of benzene rings is 4. The molecule has 4 aromatic rings. The normalized spacial score (nSPS) is 16.0.